The Kier molecular flexibility index (Phi) is 6.66. The van der Waals surface area contributed by atoms with Crippen molar-refractivity contribution in [3.05, 3.63) is 91.0 Å². The van der Waals surface area contributed by atoms with Gasteiger partial charge in [-0.1, -0.05) is 72.8 Å². The largest absolute Gasteiger partial charge is 0.488 e. The Morgan fingerprint density at radius 2 is 1.46 bits per heavy atom. The predicted octanol–water partition coefficient (Wildman–Crippen LogP) is 7.76. The lowest BCUT2D eigenvalue weighted by molar-refractivity contribution is -0.142. The fraction of sp³-hybridized carbons (Fsp3) is 0.235. The average molecular weight is 550 g/mol. The summed E-state index contributed by atoms with van der Waals surface area (Å²) < 4.78 is 17.7. The summed E-state index contributed by atoms with van der Waals surface area (Å²) in [5.74, 6) is -0.459. The Bertz CT molecular complexity index is 1730. The van der Waals surface area contributed by atoms with Crippen LogP contribution in [0.5, 0.6) is 5.75 Å². The number of carbonyl (C=O) groups is 2. The molecule has 4 aromatic carbocycles. The lowest BCUT2D eigenvalue weighted by Gasteiger charge is -2.26. The summed E-state index contributed by atoms with van der Waals surface area (Å²) in [4.78, 5) is 25.6. The highest BCUT2D eigenvalue weighted by Crippen LogP contribution is 2.36. The lowest BCUT2D eigenvalue weighted by Crippen LogP contribution is -2.43. The van der Waals surface area contributed by atoms with E-state index in [2.05, 4.69) is 48.5 Å². The highest BCUT2D eigenvalue weighted by Gasteiger charge is 2.42. The molecule has 1 unspecified atom stereocenters. The van der Waals surface area contributed by atoms with Crippen molar-refractivity contribution in [3.8, 4) is 28.0 Å². The fourth-order valence-electron chi connectivity index (χ4n) is 5.37. The number of para-hydroxylation sites is 2. The number of carbonyl (C=O) groups excluding carboxylic acids is 1. The standard InChI is InChI=1S/C34H31NO6/c1-34(2,3)41-33(38)35-20-25(19-29(35)32(36)37)39-24-17-15-22(16-18-24)21-11-13-23(14-12-21)26-8-6-9-28-27-7-4-5-10-30(27)40-31(26)28/h4-18,25,29H,19-20H2,1-3H3,(H,36,37)/t25?,29-/m0/s1. The number of likely N-dealkylation sites (tertiary alicyclic amines) is 1. The molecular weight excluding hydrogens is 518 g/mol. The summed E-state index contributed by atoms with van der Waals surface area (Å²) in [6.07, 6.45) is -0.906. The molecule has 1 aromatic heterocycles. The van der Waals surface area contributed by atoms with Crippen molar-refractivity contribution in [2.24, 2.45) is 0 Å². The fourth-order valence-corrected chi connectivity index (χ4v) is 5.37. The normalized spacial score (nSPS) is 17.2. The van der Waals surface area contributed by atoms with Crippen LogP contribution in [0.15, 0.2) is 95.4 Å². The van der Waals surface area contributed by atoms with Gasteiger partial charge >= 0.3 is 12.1 Å². The van der Waals surface area contributed by atoms with Crippen molar-refractivity contribution in [2.45, 2.75) is 44.9 Å². The second kappa shape index (κ2) is 10.3. The Morgan fingerprint density at radius 1 is 0.829 bits per heavy atom. The molecule has 1 amide bonds. The van der Waals surface area contributed by atoms with Crippen molar-refractivity contribution < 1.29 is 28.6 Å². The predicted molar refractivity (Wildman–Crippen MR) is 158 cm³/mol. The number of rotatable bonds is 5. The summed E-state index contributed by atoms with van der Waals surface area (Å²) in [5.41, 5.74) is 5.24. The van der Waals surface area contributed by atoms with E-state index in [0.717, 1.165) is 44.2 Å². The van der Waals surface area contributed by atoms with Crippen LogP contribution in [-0.2, 0) is 9.53 Å². The molecule has 2 atom stereocenters. The van der Waals surface area contributed by atoms with Gasteiger partial charge in [-0.3, -0.25) is 4.90 Å². The van der Waals surface area contributed by atoms with E-state index in [9.17, 15) is 14.7 Å². The topological polar surface area (TPSA) is 89.2 Å². The van der Waals surface area contributed by atoms with Crippen LogP contribution in [0, 0.1) is 0 Å². The number of nitrogens with zero attached hydrogens (tertiary/aromatic N) is 1. The summed E-state index contributed by atoms with van der Waals surface area (Å²) >= 11 is 0. The number of ether oxygens (including phenoxy) is 2. The summed E-state index contributed by atoms with van der Waals surface area (Å²) in [5, 5.41) is 11.9. The van der Waals surface area contributed by atoms with E-state index >= 15 is 0 Å². The van der Waals surface area contributed by atoms with Gasteiger partial charge in [-0.2, -0.15) is 0 Å². The first-order valence-electron chi connectivity index (χ1n) is 13.7. The second-order valence-electron chi connectivity index (χ2n) is 11.3. The number of carboxylic acid groups (broad SMARTS) is 1. The van der Waals surface area contributed by atoms with Gasteiger partial charge in [0.1, 0.15) is 34.7 Å². The molecule has 0 bridgehead atoms. The third kappa shape index (κ3) is 5.35. The number of aliphatic carboxylic acids is 1. The maximum Gasteiger partial charge on any atom is 0.411 e. The zero-order valence-electron chi connectivity index (χ0n) is 23.2. The molecule has 6 rings (SSSR count). The molecule has 1 fully saturated rings. The molecule has 7 nitrogen and oxygen atoms in total. The van der Waals surface area contributed by atoms with Gasteiger partial charge in [-0.25, -0.2) is 9.59 Å². The molecular formula is C34H31NO6. The van der Waals surface area contributed by atoms with Crippen LogP contribution in [0.3, 0.4) is 0 Å². The SMILES string of the molecule is CC(C)(C)OC(=O)N1CC(Oc2ccc(-c3ccc(-c4cccc5c4oc4ccccc45)cc3)cc2)C[C@H]1C(=O)O. The zero-order valence-corrected chi connectivity index (χ0v) is 23.2. The van der Waals surface area contributed by atoms with E-state index in [-0.39, 0.29) is 13.0 Å². The van der Waals surface area contributed by atoms with E-state index in [4.69, 9.17) is 13.9 Å². The number of amides is 1. The number of furan rings is 1. The number of hydrogen-bond acceptors (Lipinski definition) is 5. The molecule has 7 heteroatoms. The van der Waals surface area contributed by atoms with Crippen LogP contribution in [0.4, 0.5) is 4.79 Å². The third-order valence-corrected chi connectivity index (χ3v) is 7.27. The Hall–Kier alpha value is -4.78. The molecule has 1 N–H and O–H groups in total. The van der Waals surface area contributed by atoms with Crippen LogP contribution in [0.25, 0.3) is 44.2 Å². The van der Waals surface area contributed by atoms with Gasteiger partial charge in [0, 0.05) is 22.8 Å². The van der Waals surface area contributed by atoms with E-state index in [1.54, 1.807) is 20.8 Å². The van der Waals surface area contributed by atoms with Crippen LogP contribution >= 0.6 is 0 Å². The molecule has 0 saturated carbocycles. The van der Waals surface area contributed by atoms with Gasteiger partial charge in [0.2, 0.25) is 0 Å². The van der Waals surface area contributed by atoms with Gasteiger partial charge in [0.25, 0.3) is 0 Å². The van der Waals surface area contributed by atoms with E-state index < -0.39 is 29.8 Å². The quantitative estimate of drug-likeness (QED) is 0.241. The average Bonchev–Trinajstić information content (AvgIpc) is 3.55. The third-order valence-electron chi connectivity index (χ3n) is 7.27. The van der Waals surface area contributed by atoms with Crippen molar-refractivity contribution in [1.82, 2.24) is 4.90 Å². The molecule has 1 aliphatic rings. The second-order valence-corrected chi connectivity index (χ2v) is 11.3. The first-order chi connectivity index (χ1) is 19.7. The molecule has 1 saturated heterocycles. The molecule has 0 spiro atoms. The molecule has 208 valence electrons. The highest BCUT2D eigenvalue weighted by molar-refractivity contribution is 6.09. The summed E-state index contributed by atoms with van der Waals surface area (Å²) in [6, 6.07) is 29.3. The Balaban J connectivity index is 1.16. The Labute approximate surface area is 237 Å². The van der Waals surface area contributed by atoms with Crippen molar-refractivity contribution in [1.29, 1.82) is 0 Å². The maximum atomic E-state index is 12.6. The van der Waals surface area contributed by atoms with Crippen molar-refractivity contribution >= 4 is 34.0 Å². The minimum Gasteiger partial charge on any atom is -0.488 e. The van der Waals surface area contributed by atoms with E-state index in [1.165, 1.54) is 4.90 Å². The summed E-state index contributed by atoms with van der Waals surface area (Å²) in [6.45, 7) is 5.40. The van der Waals surface area contributed by atoms with Gasteiger partial charge in [-0.05, 0) is 55.7 Å². The first-order valence-corrected chi connectivity index (χ1v) is 13.7. The van der Waals surface area contributed by atoms with Crippen LogP contribution in [-0.4, -0.2) is 46.4 Å². The van der Waals surface area contributed by atoms with E-state index in [1.807, 2.05) is 42.5 Å². The van der Waals surface area contributed by atoms with Crippen molar-refractivity contribution in [2.75, 3.05) is 6.54 Å². The summed E-state index contributed by atoms with van der Waals surface area (Å²) in [7, 11) is 0. The van der Waals surface area contributed by atoms with Crippen LogP contribution in [0.2, 0.25) is 0 Å². The maximum absolute atomic E-state index is 12.6. The number of hydrogen-bond donors (Lipinski definition) is 1. The Morgan fingerprint density at radius 3 is 2.15 bits per heavy atom. The molecule has 5 aromatic rings. The lowest BCUT2D eigenvalue weighted by atomic mass is 9.99. The minimum absolute atomic E-state index is 0.146. The number of carboxylic acids is 1. The number of benzene rings is 4. The molecule has 0 radical (unpaired) electrons. The smallest absolute Gasteiger partial charge is 0.411 e. The van der Waals surface area contributed by atoms with Crippen molar-refractivity contribution in [3.63, 3.8) is 0 Å². The zero-order chi connectivity index (χ0) is 28.7. The van der Waals surface area contributed by atoms with E-state index in [0.29, 0.717) is 5.75 Å². The highest BCUT2D eigenvalue weighted by atomic mass is 16.6. The van der Waals surface area contributed by atoms with Crippen LogP contribution in [0.1, 0.15) is 27.2 Å². The monoisotopic (exact) mass is 549 g/mol. The molecule has 2 heterocycles. The molecule has 41 heavy (non-hydrogen) atoms. The molecule has 1 aliphatic heterocycles. The molecule has 0 aliphatic carbocycles. The van der Waals surface area contributed by atoms with Crippen LogP contribution < -0.4 is 4.74 Å². The van der Waals surface area contributed by atoms with Gasteiger partial charge in [-0.15, -0.1) is 0 Å². The van der Waals surface area contributed by atoms with Gasteiger partial charge < -0.3 is 19.0 Å². The number of fused-ring (bicyclic) bond motifs is 3. The van der Waals surface area contributed by atoms with Gasteiger partial charge in [0.15, 0.2) is 0 Å². The first kappa shape index (κ1) is 26.4. The van der Waals surface area contributed by atoms with Gasteiger partial charge in [0.05, 0.1) is 6.54 Å². The minimum atomic E-state index is -1.07.